The highest BCUT2D eigenvalue weighted by molar-refractivity contribution is 5.81. The molecule has 1 heterocycles. The van der Waals surface area contributed by atoms with Gasteiger partial charge in [0.2, 0.25) is 0 Å². The molecule has 1 amide bonds. The quantitative estimate of drug-likeness (QED) is 0.860. The molecule has 0 saturated heterocycles. The van der Waals surface area contributed by atoms with E-state index in [1.165, 1.54) is 0 Å². The van der Waals surface area contributed by atoms with Crippen LogP contribution in [0.4, 0.5) is 0 Å². The van der Waals surface area contributed by atoms with Gasteiger partial charge >= 0.3 is 0 Å². The highest BCUT2D eigenvalue weighted by atomic mass is 16.6. The summed E-state index contributed by atoms with van der Waals surface area (Å²) >= 11 is 0. The molecule has 3 rings (SSSR count). The molecule has 1 aliphatic rings. The van der Waals surface area contributed by atoms with Gasteiger partial charge in [-0.25, -0.2) is 0 Å². The minimum Gasteiger partial charge on any atom is -0.497 e. The highest BCUT2D eigenvalue weighted by Crippen LogP contribution is 2.32. The zero-order valence-electron chi connectivity index (χ0n) is 15.2. The Hall–Kier alpha value is -2.89. The van der Waals surface area contributed by atoms with Crippen LogP contribution in [-0.2, 0) is 4.79 Å². The summed E-state index contributed by atoms with van der Waals surface area (Å²) in [6.45, 7) is 4.72. The minimum absolute atomic E-state index is 0.185. The van der Waals surface area contributed by atoms with Gasteiger partial charge in [0.1, 0.15) is 24.7 Å². The summed E-state index contributed by atoms with van der Waals surface area (Å²) < 4.78 is 22.0. The second kappa shape index (κ2) is 7.99. The fourth-order valence-electron chi connectivity index (χ4n) is 2.68. The van der Waals surface area contributed by atoms with Gasteiger partial charge in [0, 0.05) is 6.07 Å². The second-order valence-electron chi connectivity index (χ2n) is 6.07. The average molecular weight is 357 g/mol. The molecular weight excluding hydrogens is 334 g/mol. The molecule has 0 aliphatic carbocycles. The molecule has 138 valence electrons. The van der Waals surface area contributed by atoms with E-state index in [2.05, 4.69) is 5.32 Å². The van der Waals surface area contributed by atoms with Crippen LogP contribution in [0.2, 0.25) is 0 Å². The number of ether oxygens (including phenoxy) is 4. The molecule has 0 aromatic heterocycles. The predicted molar refractivity (Wildman–Crippen MR) is 97.1 cm³/mol. The maximum Gasteiger partial charge on any atom is 0.261 e. The van der Waals surface area contributed by atoms with Crippen molar-refractivity contribution in [3.05, 3.63) is 48.0 Å². The van der Waals surface area contributed by atoms with Crippen LogP contribution in [0, 0.1) is 0 Å². The summed E-state index contributed by atoms with van der Waals surface area (Å²) in [5.74, 6) is 2.50. The zero-order valence-corrected chi connectivity index (χ0v) is 15.2. The lowest BCUT2D eigenvalue weighted by Crippen LogP contribution is -2.37. The fourth-order valence-corrected chi connectivity index (χ4v) is 2.68. The van der Waals surface area contributed by atoms with Crippen LogP contribution in [0.5, 0.6) is 23.0 Å². The van der Waals surface area contributed by atoms with Gasteiger partial charge in [0.05, 0.1) is 13.2 Å². The summed E-state index contributed by atoms with van der Waals surface area (Å²) in [5.41, 5.74) is 0.941. The zero-order chi connectivity index (χ0) is 18.5. The third-order valence-corrected chi connectivity index (χ3v) is 4.15. The van der Waals surface area contributed by atoms with Gasteiger partial charge in [-0.1, -0.05) is 12.1 Å². The highest BCUT2D eigenvalue weighted by Gasteiger charge is 2.20. The molecule has 2 aromatic rings. The van der Waals surface area contributed by atoms with Gasteiger partial charge in [0.25, 0.3) is 5.91 Å². The molecule has 26 heavy (non-hydrogen) atoms. The van der Waals surface area contributed by atoms with E-state index in [0.29, 0.717) is 30.5 Å². The summed E-state index contributed by atoms with van der Waals surface area (Å²) in [6, 6.07) is 12.7. The maximum atomic E-state index is 12.5. The van der Waals surface area contributed by atoms with E-state index < -0.39 is 6.10 Å². The Balaban J connectivity index is 1.61. The van der Waals surface area contributed by atoms with Crippen molar-refractivity contribution in [1.82, 2.24) is 5.32 Å². The number of benzene rings is 2. The Morgan fingerprint density at radius 1 is 1.04 bits per heavy atom. The number of rotatable bonds is 6. The lowest BCUT2D eigenvalue weighted by atomic mass is 10.1. The molecule has 0 fully saturated rings. The van der Waals surface area contributed by atoms with Crippen molar-refractivity contribution in [3.63, 3.8) is 0 Å². The molecule has 1 aliphatic heterocycles. The van der Waals surface area contributed by atoms with E-state index in [-0.39, 0.29) is 11.9 Å². The lowest BCUT2D eigenvalue weighted by Gasteiger charge is -2.22. The first-order chi connectivity index (χ1) is 12.6. The van der Waals surface area contributed by atoms with Crippen molar-refractivity contribution in [3.8, 4) is 23.0 Å². The first-order valence-electron chi connectivity index (χ1n) is 8.57. The van der Waals surface area contributed by atoms with Gasteiger partial charge in [-0.2, -0.15) is 0 Å². The Kier molecular flexibility index (Phi) is 5.51. The number of hydrogen-bond donors (Lipinski definition) is 1. The van der Waals surface area contributed by atoms with Crippen LogP contribution < -0.4 is 24.3 Å². The molecule has 2 aromatic carbocycles. The van der Waals surface area contributed by atoms with E-state index >= 15 is 0 Å². The van der Waals surface area contributed by atoms with Crippen molar-refractivity contribution < 1.29 is 23.7 Å². The molecule has 2 atom stereocenters. The number of methoxy groups -OCH3 is 1. The van der Waals surface area contributed by atoms with Crippen molar-refractivity contribution in [2.75, 3.05) is 20.3 Å². The van der Waals surface area contributed by atoms with Crippen molar-refractivity contribution >= 4 is 5.91 Å². The van der Waals surface area contributed by atoms with E-state index in [1.807, 2.05) is 37.3 Å². The van der Waals surface area contributed by atoms with Crippen molar-refractivity contribution in [2.24, 2.45) is 0 Å². The number of amides is 1. The molecule has 0 unspecified atom stereocenters. The molecule has 1 N–H and O–H groups in total. The number of carbonyl (C=O) groups is 1. The third-order valence-electron chi connectivity index (χ3n) is 4.15. The summed E-state index contributed by atoms with van der Waals surface area (Å²) in [6.07, 6.45) is -0.637. The monoisotopic (exact) mass is 357 g/mol. The van der Waals surface area contributed by atoms with Gasteiger partial charge in [-0.05, 0) is 43.7 Å². The summed E-state index contributed by atoms with van der Waals surface area (Å²) in [4.78, 5) is 12.5. The first-order valence-corrected chi connectivity index (χ1v) is 8.57. The molecule has 0 bridgehead atoms. The summed E-state index contributed by atoms with van der Waals surface area (Å²) in [5, 5.41) is 2.96. The van der Waals surface area contributed by atoms with E-state index in [4.69, 9.17) is 18.9 Å². The standard InChI is InChI=1S/C20H23NO5/c1-13(15-7-8-18-19(11-15)25-10-9-24-18)21-20(22)14(2)26-17-6-4-5-16(12-17)23-3/h4-8,11-14H,9-10H2,1-3H3,(H,21,22)/t13-,14-/m1/s1. The lowest BCUT2D eigenvalue weighted by molar-refractivity contribution is -0.127. The smallest absolute Gasteiger partial charge is 0.261 e. The Labute approximate surface area is 153 Å². The van der Waals surface area contributed by atoms with Crippen LogP contribution in [-0.4, -0.2) is 32.3 Å². The van der Waals surface area contributed by atoms with Gasteiger partial charge in [-0.3, -0.25) is 4.79 Å². The first kappa shape index (κ1) is 17.9. The number of nitrogens with one attached hydrogen (secondary N) is 1. The molecule has 6 heteroatoms. The van der Waals surface area contributed by atoms with Gasteiger partial charge in [0.15, 0.2) is 17.6 Å². The SMILES string of the molecule is COc1cccc(O[C@H](C)C(=O)N[C@H](C)c2ccc3c(c2)OCCO3)c1. The van der Waals surface area contributed by atoms with Crippen LogP contribution in [0.3, 0.4) is 0 Å². The fraction of sp³-hybridized carbons (Fsp3) is 0.350. The van der Waals surface area contributed by atoms with Crippen LogP contribution in [0.1, 0.15) is 25.5 Å². The number of carbonyl (C=O) groups excluding carboxylic acids is 1. The molecule has 0 spiro atoms. The third kappa shape index (κ3) is 4.20. The molecule has 6 nitrogen and oxygen atoms in total. The number of hydrogen-bond acceptors (Lipinski definition) is 5. The van der Waals surface area contributed by atoms with Gasteiger partial charge < -0.3 is 24.3 Å². The summed E-state index contributed by atoms with van der Waals surface area (Å²) in [7, 11) is 1.59. The Bertz CT molecular complexity index is 777. The minimum atomic E-state index is -0.637. The van der Waals surface area contributed by atoms with Crippen LogP contribution in [0.15, 0.2) is 42.5 Å². The molecule has 0 saturated carbocycles. The van der Waals surface area contributed by atoms with Crippen molar-refractivity contribution in [1.29, 1.82) is 0 Å². The van der Waals surface area contributed by atoms with Crippen LogP contribution in [0.25, 0.3) is 0 Å². The van der Waals surface area contributed by atoms with Crippen molar-refractivity contribution in [2.45, 2.75) is 26.0 Å². The van der Waals surface area contributed by atoms with E-state index in [9.17, 15) is 4.79 Å². The predicted octanol–water partition coefficient (Wildman–Crippen LogP) is 3.11. The largest absolute Gasteiger partial charge is 0.497 e. The second-order valence-corrected chi connectivity index (χ2v) is 6.07. The maximum absolute atomic E-state index is 12.5. The molecule has 0 radical (unpaired) electrons. The van der Waals surface area contributed by atoms with Gasteiger partial charge in [-0.15, -0.1) is 0 Å². The average Bonchev–Trinajstić information content (AvgIpc) is 2.67. The van der Waals surface area contributed by atoms with Crippen LogP contribution >= 0.6 is 0 Å². The topological polar surface area (TPSA) is 66.0 Å². The van der Waals surface area contributed by atoms with E-state index in [1.54, 1.807) is 26.2 Å². The normalized spacial score (nSPS) is 14.9. The molecular formula is C20H23NO5. The Morgan fingerprint density at radius 3 is 2.54 bits per heavy atom. The van der Waals surface area contributed by atoms with E-state index in [0.717, 1.165) is 11.3 Å². The Morgan fingerprint density at radius 2 is 1.77 bits per heavy atom. The number of fused-ring (bicyclic) bond motifs is 1.